The van der Waals surface area contributed by atoms with Crippen LogP contribution in [0, 0.1) is 6.92 Å². The van der Waals surface area contributed by atoms with Crippen molar-refractivity contribution in [3.63, 3.8) is 0 Å². The van der Waals surface area contributed by atoms with E-state index < -0.39 is 11.5 Å². The molecule has 6 heterocycles. The second-order valence-corrected chi connectivity index (χ2v) is 17.4. The molecule has 0 saturated carbocycles. The highest BCUT2D eigenvalue weighted by atomic mass is 35.5. The molecule has 1 aromatic carbocycles. The van der Waals surface area contributed by atoms with Gasteiger partial charge in [0.1, 0.15) is 23.0 Å². The Morgan fingerprint density at radius 1 is 0.794 bits per heavy atom. The molecule has 368 valence electrons. The number of anilines is 2. The number of alkyl halides is 1. The van der Waals surface area contributed by atoms with Crippen molar-refractivity contribution in [2.24, 2.45) is 5.73 Å². The van der Waals surface area contributed by atoms with Crippen LogP contribution >= 0.6 is 11.6 Å². The van der Waals surface area contributed by atoms with Gasteiger partial charge in [-0.25, -0.2) is 0 Å². The van der Waals surface area contributed by atoms with Crippen molar-refractivity contribution in [3.05, 3.63) is 167 Å². The van der Waals surface area contributed by atoms with E-state index in [0.29, 0.717) is 43.6 Å². The normalized spacial score (nSPS) is 12.6. The Balaban J connectivity index is 0.000000415. The smallest absolute Gasteiger partial charge is 0.291 e. The summed E-state index contributed by atoms with van der Waals surface area (Å²) in [5.41, 5.74) is 12.3. The number of carbonyl (C=O) groups excluding carboxylic acids is 1. The van der Waals surface area contributed by atoms with E-state index in [1.165, 1.54) is 25.3 Å². The van der Waals surface area contributed by atoms with Crippen molar-refractivity contribution in [2.75, 3.05) is 43.4 Å². The number of amides is 1. The number of hydrogen-bond acceptors (Lipinski definition) is 13. The number of methoxy groups -OCH3 is 2. The van der Waals surface area contributed by atoms with E-state index in [-0.39, 0.29) is 36.2 Å². The third kappa shape index (κ3) is 16.5. The molecule has 14 nitrogen and oxygen atoms in total. The lowest BCUT2D eigenvalue weighted by molar-refractivity contribution is -0.105. The number of benzene rings is 1. The molecule has 0 radical (unpaired) electrons. The van der Waals surface area contributed by atoms with Crippen LogP contribution in [-0.2, 0) is 42.0 Å². The summed E-state index contributed by atoms with van der Waals surface area (Å²) in [6, 6.07) is 19.0. The van der Waals surface area contributed by atoms with Gasteiger partial charge in [-0.15, -0.1) is 11.6 Å². The van der Waals surface area contributed by atoms with Crippen LogP contribution in [0.25, 0.3) is 0 Å². The fourth-order valence-electron chi connectivity index (χ4n) is 6.95. The molecule has 0 bridgehead atoms. The zero-order valence-corrected chi connectivity index (χ0v) is 41.4. The zero-order chi connectivity index (χ0) is 49.3. The molecule has 68 heavy (non-hydrogen) atoms. The Hall–Kier alpha value is -6.32. The standard InChI is InChI=1S/C34H40N4O6.C9H13NO.C5H7NO.C4H7Cl.CH4/c1-20(2)18-38(19-24-11-10-14-42-24)32-36-30(40-8)28(31(37-32)41-9)35-29(39)27-13-12-23(43-27)16-22-17-26-25(15-21(22)3)33(4,5)44-34(26,6)7;1-8(2)6-10-7-9-4-3-5-11-9;6-4-5-2-1-3-7-5;1-4(2)3-5;/h10-15,17H,1,16,18-19H2,2-9H3,(H,35,39);3-5,10H,1,6-7H2,2H3;1-3H,4,6H2;1,3H2,2H3;1H4. The maximum Gasteiger partial charge on any atom is 0.291 e. The largest absolute Gasteiger partial charge is 0.479 e. The van der Waals surface area contributed by atoms with Gasteiger partial charge in [-0.2, -0.15) is 9.97 Å². The molecule has 0 spiro atoms. The summed E-state index contributed by atoms with van der Waals surface area (Å²) in [6.07, 6.45) is 5.43. The molecule has 0 aliphatic carbocycles. The van der Waals surface area contributed by atoms with Gasteiger partial charge >= 0.3 is 0 Å². The van der Waals surface area contributed by atoms with Crippen LogP contribution in [0.1, 0.15) is 112 Å². The van der Waals surface area contributed by atoms with E-state index in [1.54, 1.807) is 24.9 Å². The number of carbonyl (C=O) groups is 1. The first-order valence-electron chi connectivity index (χ1n) is 21.8. The molecule has 4 N–H and O–H groups in total. The summed E-state index contributed by atoms with van der Waals surface area (Å²) in [6.45, 7) is 30.6. The van der Waals surface area contributed by atoms with Gasteiger partial charge in [0.2, 0.25) is 17.7 Å². The molecule has 1 aliphatic heterocycles. The summed E-state index contributed by atoms with van der Waals surface area (Å²) < 4.78 is 39.0. The number of hydrogen-bond donors (Lipinski definition) is 3. The second-order valence-electron chi connectivity index (χ2n) is 17.2. The minimum atomic E-state index is -0.486. The van der Waals surface area contributed by atoms with Crippen LogP contribution in [0.2, 0.25) is 0 Å². The highest BCUT2D eigenvalue weighted by Crippen LogP contribution is 2.47. The lowest BCUT2D eigenvalue weighted by Gasteiger charge is -2.24. The van der Waals surface area contributed by atoms with Crippen LogP contribution in [0.3, 0.4) is 0 Å². The van der Waals surface area contributed by atoms with Gasteiger partial charge in [0.25, 0.3) is 5.91 Å². The summed E-state index contributed by atoms with van der Waals surface area (Å²) in [5.74, 6) is 4.03. The van der Waals surface area contributed by atoms with Crippen molar-refractivity contribution in [1.29, 1.82) is 0 Å². The number of fused-ring (bicyclic) bond motifs is 1. The highest BCUT2D eigenvalue weighted by molar-refractivity contribution is 6.19. The minimum Gasteiger partial charge on any atom is -0.479 e. The fourth-order valence-corrected chi connectivity index (χ4v) is 6.95. The van der Waals surface area contributed by atoms with Gasteiger partial charge in [0.15, 0.2) is 11.4 Å². The minimum absolute atomic E-state index is 0. The van der Waals surface area contributed by atoms with E-state index in [2.05, 4.69) is 87.1 Å². The quantitative estimate of drug-likeness (QED) is 0.0582. The Morgan fingerprint density at radius 2 is 1.34 bits per heavy atom. The van der Waals surface area contributed by atoms with Gasteiger partial charge in [-0.3, -0.25) is 4.79 Å². The predicted molar refractivity (Wildman–Crippen MR) is 272 cm³/mol. The molecule has 0 fully saturated rings. The molecule has 0 unspecified atom stereocenters. The molecular weight excluding hydrogens is 884 g/mol. The monoisotopic (exact) mass is 955 g/mol. The SMILES string of the molecule is C.C=C(C)CCl.C=C(C)CN(Cc1ccco1)c1nc(OC)c(NC(=O)c2ccc(Cc3cc4c(cc3C)C(C)(C)OC4(C)C)o2)c(OC)n1.C=C(C)CNCc1ccco1.NCc1ccco1. The number of ether oxygens (including phenoxy) is 3. The lowest BCUT2D eigenvalue weighted by Crippen LogP contribution is -2.27. The van der Waals surface area contributed by atoms with Gasteiger partial charge in [0.05, 0.1) is 63.8 Å². The van der Waals surface area contributed by atoms with E-state index in [4.69, 9.17) is 49.2 Å². The van der Waals surface area contributed by atoms with Crippen molar-refractivity contribution >= 4 is 29.1 Å². The van der Waals surface area contributed by atoms with Crippen molar-refractivity contribution < 1.29 is 36.7 Å². The summed E-state index contributed by atoms with van der Waals surface area (Å²) in [7, 11) is 2.93. The Labute approximate surface area is 407 Å². The number of nitrogens with two attached hydrogens (primary N) is 1. The van der Waals surface area contributed by atoms with Crippen LogP contribution < -0.4 is 30.7 Å². The molecule has 0 saturated heterocycles. The molecule has 7 rings (SSSR count). The third-order valence-corrected chi connectivity index (χ3v) is 10.4. The maximum absolute atomic E-state index is 13.3. The molecule has 5 aromatic heterocycles. The van der Waals surface area contributed by atoms with Crippen molar-refractivity contribution in [1.82, 2.24) is 15.3 Å². The fraction of sp³-hybridized carbons (Fsp3) is 0.377. The first-order chi connectivity index (χ1) is 31.8. The van der Waals surface area contributed by atoms with Crippen LogP contribution in [0.5, 0.6) is 11.8 Å². The summed E-state index contributed by atoms with van der Waals surface area (Å²) in [5, 5.41) is 6.01. The number of furan rings is 4. The van der Waals surface area contributed by atoms with Crippen LogP contribution in [0.4, 0.5) is 11.6 Å². The van der Waals surface area contributed by atoms with Crippen molar-refractivity contribution in [3.8, 4) is 11.8 Å². The van der Waals surface area contributed by atoms with Crippen LogP contribution in [0.15, 0.2) is 134 Å². The Morgan fingerprint density at radius 3 is 1.81 bits per heavy atom. The average Bonchev–Trinajstić information content (AvgIpc) is 4.15. The molecule has 6 aromatic rings. The number of nitrogens with zero attached hydrogens (tertiary/aromatic N) is 3. The zero-order valence-electron chi connectivity index (χ0n) is 40.6. The molecule has 0 atom stereocenters. The topological polar surface area (TPSA) is 176 Å². The molecule has 15 heteroatoms. The number of rotatable bonds is 17. The number of aryl methyl sites for hydroxylation is 1. The average molecular weight is 956 g/mol. The number of aromatic nitrogens is 2. The maximum atomic E-state index is 13.3. The van der Waals surface area contributed by atoms with Crippen molar-refractivity contribution in [2.45, 2.75) is 100 Å². The first-order valence-corrected chi connectivity index (χ1v) is 22.3. The summed E-state index contributed by atoms with van der Waals surface area (Å²) in [4.78, 5) is 24.4. The van der Waals surface area contributed by atoms with Gasteiger partial charge in [-0.1, -0.05) is 56.0 Å². The van der Waals surface area contributed by atoms with E-state index in [1.807, 2.05) is 68.1 Å². The Kier molecular flexibility index (Phi) is 21.6. The van der Waals surface area contributed by atoms with Gasteiger partial charge in [-0.05, 0) is 126 Å². The van der Waals surface area contributed by atoms with Crippen LogP contribution in [-0.4, -0.2) is 49.1 Å². The molecule has 1 aliphatic rings. The lowest BCUT2D eigenvalue weighted by atomic mass is 9.86. The molecule has 1 amide bonds. The van der Waals surface area contributed by atoms with Gasteiger partial charge < -0.3 is 53.1 Å². The first kappa shape index (κ1) is 56.0. The Bertz CT molecular complexity index is 2480. The predicted octanol–water partition coefficient (Wildman–Crippen LogP) is 12.0. The van der Waals surface area contributed by atoms with E-state index in [9.17, 15) is 4.79 Å². The highest BCUT2D eigenvalue weighted by Gasteiger charge is 2.43. The van der Waals surface area contributed by atoms with E-state index >= 15 is 0 Å². The molecular formula is C53H71ClN6O8. The number of nitrogens with one attached hydrogen (secondary N) is 2. The second kappa shape index (κ2) is 26.3. The number of allylic oxidation sites excluding steroid dienone is 1. The van der Waals surface area contributed by atoms with E-state index in [0.717, 1.165) is 58.2 Å². The third-order valence-electron chi connectivity index (χ3n) is 9.98. The van der Waals surface area contributed by atoms with Gasteiger partial charge in [0, 0.05) is 25.4 Å². The summed E-state index contributed by atoms with van der Waals surface area (Å²) >= 11 is 5.24. The number of halogens is 1.